The summed E-state index contributed by atoms with van der Waals surface area (Å²) in [4.78, 5) is 10.2. The van der Waals surface area contributed by atoms with Crippen molar-refractivity contribution in [3.05, 3.63) is 11.1 Å². The van der Waals surface area contributed by atoms with E-state index in [0.29, 0.717) is 0 Å². The van der Waals surface area contributed by atoms with Gasteiger partial charge >= 0.3 is 5.97 Å². The van der Waals surface area contributed by atoms with Crippen LogP contribution in [-0.2, 0) is 4.79 Å². The fourth-order valence-corrected chi connectivity index (χ4v) is 0.746. The summed E-state index contributed by atoms with van der Waals surface area (Å²) in [6, 6.07) is 0. The third-order valence-electron chi connectivity index (χ3n) is 1.13. The van der Waals surface area contributed by atoms with E-state index in [1.165, 1.54) is 6.08 Å². The Morgan fingerprint density at radius 3 is 2.36 bits per heavy atom. The first-order chi connectivity index (χ1) is 4.89. The second-order valence-corrected chi connectivity index (χ2v) is 3.35. The first-order valence-electron chi connectivity index (χ1n) is 3.11. The highest BCUT2D eigenvalue weighted by Gasteiger charge is 2.16. The lowest BCUT2D eigenvalue weighted by Gasteiger charge is -2.15. The highest BCUT2D eigenvalue weighted by molar-refractivity contribution is 6.40. The Morgan fingerprint density at radius 2 is 2.09 bits per heavy atom. The van der Waals surface area contributed by atoms with Crippen molar-refractivity contribution < 1.29 is 15.0 Å². The zero-order valence-corrected chi connectivity index (χ0v) is 7.22. The molecule has 11 heavy (non-hydrogen) atoms. The number of aliphatic hydroxyl groups excluding tert-OH is 1. The fraction of sp³-hybridized carbons (Fsp3) is 0.571. The van der Waals surface area contributed by atoms with E-state index in [1.54, 1.807) is 13.8 Å². The lowest BCUT2D eigenvalue weighted by atomic mass is 9.94. The van der Waals surface area contributed by atoms with E-state index in [1.807, 2.05) is 0 Å². The van der Waals surface area contributed by atoms with E-state index in [-0.39, 0.29) is 11.6 Å². The molecule has 64 valence electrons. The molecule has 0 fully saturated rings. The maximum Gasteiger partial charge on any atom is 0.346 e. The molecule has 0 aromatic carbocycles. The van der Waals surface area contributed by atoms with Crippen molar-refractivity contribution in [2.45, 2.75) is 13.8 Å². The zero-order valence-electron chi connectivity index (χ0n) is 6.47. The summed E-state index contributed by atoms with van der Waals surface area (Å²) in [5.74, 6) is -1.17. The second kappa shape index (κ2) is 3.74. The van der Waals surface area contributed by atoms with Gasteiger partial charge in [0.05, 0.1) is 6.61 Å². The smallest absolute Gasteiger partial charge is 0.346 e. The summed E-state index contributed by atoms with van der Waals surface area (Å²) >= 11 is 5.33. The molecule has 0 aromatic rings. The Bertz CT molecular complexity index is 184. The predicted molar refractivity (Wildman–Crippen MR) is 42.4 cm³/mol. The number of carboxylic acids is 1. The maximum absolute atomic E-state index is 10.2. The van der Waals surface area contributed by atoms with Gasteiger partial charge in [-0.05, 0) is 0 Å². The molecule has 0 radical (unpaired) electrons. The molecule has 0 aromatic heterocycles. The van der Waals surface area contributed by atoms with Gasteiger partial charge in [0.1, 0.15) is 5.03 Å². The summed E-state index contributed by atoms with van der Waals surface area (Å²) in [5.41, 5.74) is -0.574. The lowest BCUT2D eigenvalue weighted by molar-refractivity contribution is -0.131. The normalized spacial score (nSPS) is 13.3. The first kappa shape index (κ1) is 10.5. The van der Waals surface area contributed by atoms with E-state index in [9.17, 15) is 4.79 Å². The van der Waals surface area contributed by atoms with Gasteiger partial charge in [-0.2, -0.15) is 0 Å². The molecular formula is C7H11ClO3. The fourth-order valence-electron chi connectivity index (χ4n) is 0.450. The van der Waals surface area contributed by atoms with Gasteiger partial charge in [-0.15, -0.1) is 0 Å². The number of carboxylic acid groups (broad SMARTS) is 1. The number of hydrogen-bond acceptors (Lipinski definition) is 2. The molecule has 0 aliphatic carbocycles. The van der Waals surface area contributed by atoms with Crippen LogP contribution in [0.4, 0.5) is 0 Å². The van der Waals surface area contributed by atoms with Crippen LogP contribution in [-0.4, -0.2) is 22.8 Å². The zero-order chi connectivity index (χ0) is 9.07. The number of hydrogen-bond donors (Lipinski definition) is 2. The third kappa shape index (κ3) is 4.01. The molecule has 0 rings (SSSR count). The molecule has 0 aliphatic heterocycles. The van der Waals surface area contributed by atoms with E-state index < -0.39 is 11.4 Å². The van der Waals surface area contributed by atoms with Crippen LogP contribution in [0.2, 0.25) is 0 Å². The summed E-state index contributed by atoms with van der Waals surface area (Å²) in [6.07, 6.45) is 1.32. The highest BCUT2D eigenvalue weighted by Crippen LogP contribution is 2.19. The largest absolute Gasteiger partial charge is 0.477 e. The van der Waals surface area contributed by atoms with Crippen molar-refractivity contribution in [2.75, 3.05) is 6.61 Å². The molecule has 0 spiro atoms. The van der Waals surface area contributed by atoms with Crippen LogP contribution in [0.25, 0.3) is 0 Å². The molecule has 0 unspecified atom stereocenters. The molecule has 0 saturated heterocycles. The minimum Gasteiger partial charge on any atom is -0.477 e. The van der Waals surface area contributed by atoms with Gasteiger partial charge in [0.2, 0.25) is 0 Å². The minimum atomic E-state index is -1.17. The molecule has 0 aliphatic rings. The molecule has 3 nitrogen and oxygen atoms in total. The molecule has 0 saturated carbocycles. The van der Waals surface area contributed by atoms with Crippen molar-refractivity contribution in [3.8, 4) is 0 Å². The Morgan fingerprint density at radius 1 is 1.64 bits per heavy atom. The number of aliphatic hydroxyl groups is 1. The Balaban J connectivity index is 4.41. The Kier molecular flexibility index (Phi) is 3.55. The average molecular weight is 179 g/mol. The van der Waals surface area contributed by atoms with Gasteiger partial charge in [0.15, 0.2) is 0 Å². The van der Waals surface area contributed by atoms with Crippen LogP contribution in [0.3, 0.4) is 0 Å². The number of halogens is 1. The highest BCUT2D eigenvalue weighted by atomic mass is 35.5. The van der Waals surface area contributed by atoms with Gasteiger partial charge < -0.3 is 10.2 Å². The van der Waals surface area contributed by atoms with Gasteiger partial charge in [0.25, 0.3) is 0 Å². The van der Waals surface area contributed by atoms with Crippen LogP contribution in [0.1, 0.15) is 13.8 Å². The summed E-state index contributed by atoms with van der Waals surface area (Å²) < 4.78 is 0. The van der Waals surface area contributed by atoms with E-state index in [0.717, 1.165) is 0 Å². The summed E-state index contributed by atoms with van der Waals surface area (Å²) in [7, 11) is 0. The topological polar surface area (TPSA) is 57.5 Å². The molecular weight excluding hydrogens is 168 g/mol. The van der Waals surface area contributed by atoms with Gasteiger partial charge in [-0.3, -0.25) is 0 Å². The van der Waals surface area contributed by atoms with Crippen LogP contribution >= 0.6 is 11.6 Å². The second-order valence-electron chi connectivity index (χ2n) is 2.94. The third-order valence-corrected chi connectivity index (χ3v) is 1.40. The monoisotopic (exact) mass is 178 g/mol. The standard InChI is InChI=1S/C7H11ClO3/c1-7(2,4-9)3-5(8)6(10)11/h3,9H,4H2,1-2H3,(H,10,11). The first-order valence-corrected chi connectivity index (χ1v) is 3.49. The SMILES string of the molecule is CC(C)(C=C(Cl)C(=O)O)CO. The molecule has 0 heterocycles. The van der Waals surface area contributed by atoms with Crippen molar-refractivity contribution in [1.29, 1.82) is 0 Å². The van der Waals surface area contributed by atoms with Crippen molar-refractivity contribution in [1.82, 2.24) is 0 Å². The number of carbonyl (C=O) groups is 1. The van der Waals surface area contributed by atoms with Crippen molar-refractivity contribution >= 4 is 17.6 Å². The van der Waals surface area contributed by atoms with E-state index in [2.05, 4.69) is 0 Å². The molecule has 0 bridgehead atoms. The van der Waals surface area contributed by atoms with Crippen LogP contribution in [0.15, 0.2) is 11.1 Å². The van der Waals surface area contributed by atoms with Crippen LogP contribution in [0, 0.1) is 5.41 Å². The number of aliphatic carboxylic acids is 1. The summed E-state index contributed by atoms with van der Waals surface area (Å²) in [5, 5.41) is 16.8. The average Bonchev–Trinajstić information content (AvgIpc) is 1.87. The van der Waals surface area contributed by atoms with Crippen LogP contribution in [0.5, 0.6) is 0 Å². The molecule has 4 heteroatoms. The lowest BCUT2D eigenvalue weighted by Crippen LogP contribution is -2.14. The molecule has 0 atom stereocenters. The number of rotatable bonds is 3. The molecule has 0 amide bonds. The quantitative estimate of drug-likeness (QED) is 0.639. The van der Waals surface area contributed by atoms with Crippen molar-refractivity contribution in [2.24, 2.45) is 5.41 Å². The minimum absolute atomic E-state index is 0.128. The maximum atomic E-state index is 10.2. The van der Waals surface area contributed by atoms with Crippen LogP contribution < -0.4 is 0 Å². The van der Waals surface area contributed by atoms with Gasteiger partial charge in [-0.25, -0.2) is 4.79 Å². The summed E-state index contributed by atoms with van der Waals surface area (Å²) in [6.45, 7) is 3.26. The Hall–Kier alpha value is -0.540. The Labute approximate surface area is 70.3 Å². The molecule has 2 N–H and O–H groups in total. The van der Waals surface area contributed by atoms with Crippen molar-refractivity contribution in [3.63, 3.8) is 0 Å². The van der Waals surface area contributed by atoms with Gasteiger partial charge in [0, 0.05) is 5.41 Å². The van der Waals surface area contributed by atoms with Gasteiger partial charge in [-0.1, -0.05) is 31.5 Å². The van der Waals surface area contributed by atoms with E-state index in [4.69, 9.17) is 21.8 Å². The predicted octanol–water partition coefficient (Wildman–Crippen LogP) is 1.21. The van der Waals surface area contributed by atoms with E-state index >= 15 is 0 Å².